The molecule has 0 saturated carbocycles. The lowest BCUT2D eigenvalue weighted by molar-refractivity contribution is -0.135. The lowest BCUT2D eigenvalue weighted by Crippen LogP contribution is -1.99. The summed E-state index contributed by atoms with van der Waals surface area (Å²) >= 11 is 0. The molecule has 31 heavy (non-hydrogen) atoms. The maximum atomic E-state index is 11.6. The van der Waals surface area contributed by atoms with Crippen molar-refractivity contribution in [2.24, 2.45) is 0 Å². The Balaban J connectivity index is 1.83. The Kier molecular flexibility index (Phi) is 5.80. The van der Waals surface area contributed by atoms with Crippen molar-refractivity contribution in [2.45, 2.75) is 20.3 Å². The third-order valence-corrected chi connectivity index (χ3v) is 4.89. The van der Waals surface area contributed by atoms with Crippen molar-refractivity contribution < 1.29 is 19.1 Å². The first-order valence-corrected chi connectivity index (χ1v) is 10.0. The number of aromatic nitrogens is 2. The molecule has 0 aliphatic carbocycles. The summed E-state index contributed by atoms with van der Waals surface area (Å²) < 4.78 is 11.7. The van der Waals surface area contributed by atoms with Crippen molar-refractivity contribution in [3.05, 3.63) is 77.7 Å². The second-order valence-corrected chi connectivity index (χ2v) is 7.15. The molecule has 0 saturated heterocycles. The van der Waals surface area contributed by atoms with E-state index in [0.717, 1.165) is 27.5 Å². The molecule has 6 heteroatoms. The fourth-order valence-corrected chi connectivity index (χ4v) is 3.40. The summed E-state index contributed by atoms with van der Waals surface area (Å²) in [6, 6.07) is 19.5. The van der Waals surface area contributed by atoms with Crippen LogP contribution in [0.5, 0.6) is 5.75 Å². The van der Waals surface area contributed by atoms with Crippen molar-refractivity contribution in [2.75, 3.05) is 6.61 Å². The van der Waals surface area contributed by atoms with Crippen LogP contribution in [0.25, 0.3) is 33.9 Å². The Labute approximate surface area is 179 Å². The summed E-state index contributed by atoms with van der Waals surface area (Å²) in [5.41, 5.74) is 3.09. The standard InChI is InChI=1S/C25H22N2O4/c1-3-30-22-13-12-17-6-4-5-7-20(17)21(22)14-19(15-23(28)29)25-27-26-24(31-25)18-10-8-16(2)9-11-18/h4-14H,3,15H2,1-2H3,(H,28,29)/b19-14+. The van der Waals surface area contributed by atoms with Crippen molar-refractivity contribution >= 4 is 28.4 Å². The molecular formula is C25H22N2O4. The van der Waals surface area contributed by atoms with Crippen molar-refractivity contribution in [3.63, 3.8) is 0 Å². The zero-order valence-corrected chi connectivity index (χ0v) is 17.3. The summed E-state index contributed by atoms with van der Waals surface area (Å²) in [5.74, 6) is 0.199. The van der Waals surface area contributed by atoms with Crippen LogP contribution in [0.15, 0.2) is 65.1 Å². The third kappa shape index (κ3) is 4.48. The molecule has 0 atom stereocenters. The number of hydrogen-bond donors (Lipinski definition) is 1. The van der Waals surface area contributed by atoms with Crippen LogP contribution in [-0.2, 0) is 4.79 Å². The van der Waals surface area contributed by atoms with Gasteiger partial charge in [0.1, 0.15) is 5.75 Å². The van der Waals surface area contributed by atoms with Gasteiger partial charge in [-0.25, -0.2) is 0 Å². The van der Waals surface area contributed by atoms with Gasteiger partial charge >= 0.3 is 5.97 Å². The highest BCUT2D eigenvalue weighted by atomic mass is 16.5. The number of carboxylic acids is 1. The number of aryl methyl sites for hydroxylation is 1. The van der Waals surface area contributed by atoms with E-state index in [2.05, 4.69) is 10.2 Å². The van der Waals surface area contributed by atoms with Crippen LogP contribution < -0.4 is 4.74 Å². The molecule has 0 radical (unpaired) electrons. The van der Waals surface area contributed by atoms with E-state index in [-0.39, 0.29) is 12.3 Å². The minimum Gasteiger partial charge on any atom is -0.493 e. The molecule has 6 nitrogen and oxygen atoms in total. The highest BCUT2D eigenvalue weighted by Crippen LogP contribution is 2.33. The van der Waals surface area contributed by atoms with E-state index in [1.165, 1.54) is 0 Å². The Morgan fingerprint density at radius 1 is 1.06 bits per heavy atom. The van der Waals surface area contributed by atoms with Crippen LogP contribution in [0.1, 0.15) is 30.4 Å². The number of nitrogens with zero attached hydrogens (tertiary/aromatic N) is 2. The number of rotatable bonds is 7. The van der Waals surface area contributed by atoms with Crippen LogP contribution in [0, 0.1) is 6.92 Å². The van der Waals surface area contributed by atoms with Gasteiger partial charge in [0.15, 0.2) is 0 Å². The lowest BCUT2D eigenvalue weighted by atomic mass is 10.00. The fourth-order valence-electron chi connectivity index (χ4n) is 3.40. The maximum absolute atomic E-state index is 11.6. The van der Waals surface area contributed by atoms with Gasteiger partial charge in [-0.2, -0.15) is 0 Å². The van der Waals surface area contributed by atoms with Gasteiger partial charge in [0.25, 0.3) is 0 Å². The van der Waals surface area contributed by atoms with E-state index in [0.29, 0.717) is 23.8 Å². The predicted octanol–water partition coefficient (Wildman–Crippen LogP) is 5.61. The summed E-state index contributed by atoms with van der Waals surface area (Å²) in [6.45, 7) is 4.40. The van der Waals surface area contributed by atoms with E-state index in [9.17, 15) is 9.90 Å². The predicted molar refractivity (Wildman–Crippen MR) is 120 cm³/mol. The number of hydrogen-bond acceptors (Lipinski definition) is 5. The topological polar surface area (TPSA) is 85.5 Å². The first kappa shape index (κ1) is 20.3. The Morgan fingerprint density at radius 3 is 2.58 bits per heavy atom. The summed E-state index contributed by atoms with van der Waals surface area (Å²) in [6.07, 6.45) is 1.51. The number of carboxylic acid groups (broad SMARTS) is 1. The van der Waals surface area contributed by atoms with Crippen LogP contribution in [0.3, 0.4) is 0 Å². The number of benzene rings is 3. The second kappa shape index (κ2) is 8.83. The number of ether oxygens (including phenoxy) is 1. The average molecular weight is 414 g/mol. The van der Waals surface area contributed by atoms with Gasteiger partial charge < -0.3 is 14.3 Å². The molecule has 156 valence electrons. The molecule has 0 fully saturated rings. The molecule has 0 aliphatic rings. The van der Waals surface area contributed by atoms with E-state index in [4.69, 9.17) is 9.15 Å². The normalized spacial score (nSPS) is 11.6. The van der Waals surface area contributed by atoms with Crippen molar-refractivity contribution in [1.82, 2.24) is 10.2 Å². The quantitative estimate of drug-likeness (QED) is 0.423. The molecule has 0 aliphatic heterocycles. The summed E-state index contributed by atoms with van der Waals surface area (Å²) in [5, 5.41) is 19.7. The average Bonchev–Trinajstić information content (AvgIpc) is 3.25. The molecule has 1 heterocycles. The highest BCUT2D eigenvalue weighted by molar-refractivity contribution is 5.99. The molecule has 0 spiro atoms. The highest BCUT2D eigenvalue weighted by Gasteiger charge is 2.18. The smallest absolute Gasteiger partial charge is 0.308 e. The molecule has 0 bridgehead atoms. The van der Waals surface area contributed by atoms with Crippen molar-refractivity contribution in [3.8, 4) is 17.2 Å². The SMILES string of the molecule is CCOc1ccc2ccccc2c1/C=C(\CC(=O)O)c1nnc(-c2ccc(C)cc2)o1. The number of fused-ring (bicyclic) bond motifs is 1. The molecule has 0 amide bonds. The number of aliphatic carboxylic acids is 1. The fraction of sp³-hybridized carbons (Fsp3) is 0.160. The van der Waals surface area contributed by atoms with Crippen molar-refractivity contribution in [1.29, 1.82) is 0 Å². The van der Waals surface area contributed by atoms with Crippen LogP contribution in [-0.4, -0.2) is 27.9 Å². The zero-order chi connectivity index (χ0) is 21.8. The first-order chi connectivity index (χ1) is 15.0. The zero-order valence-electron chi connectivity index (χ0n) is 17.3. The maximum Gasteiger partial charge on any atom is 0.308 e. The Hall–Kier alpha value is -3.93. The van der Waals surface area contributed by atoms with Crippen LogP contribution >= 0.6 is 0 Å². The summed E-state index contributed by atoms with van der Waals surface area (Å²) in [4.78, 5) is 11.6. The van der Waals surface area contributed by atoms with E-state index >= 15 is 0 Å². The second-order valence-electron chi connectivity index (χ2n) is 7.15. The van der Waals surface area contributed by atoms with Gasteiger partial charge in [0.2, 0.25) is 11.8 Å². The largest absolute Gasteiger partial charge is 0.493 e. The summed E-state index contributed by atoms with van der Waals surface area (Å²) in [7, 11) is 0. The van der Waals surface area contributed by atoms with Gasteiger partial charge in [-0.15, -0.1) is 10.2 Å². The first-order valence-electron chi connectivity index (χ1n) is 10.0. The Bertz CT molecular complexity index is 1260. The molecular weight excluding hydrogens is 392 g/mol. The molecule has 0 unspecified atom stereocenters. The van der Waals surface area contributed by atoms with Gasteiger partial charge in [-0.3, -0.25) is 4.79 Å². The number of carbonyl (C=O) groups is 1. The van der Waals surface area contributed by atoms with Gasteiger partial charge in [0.05, 0.1) is 13.0 Å². The van der Waals surface area contributed by atoms with E-state index < -0.39 is 5.97 Å². The van der Waals surface area contributed by atoms with Gasteiger partial charge in [0, 0.05) is 16.7 Å². The van der Waals surface area contributed by atoms with Gasteiger partial charge in [-0.05, 0) is 48.9 Å². The van der Waals surface area contributed by atoms with Gasteiger partial charge in [-0.1, -0.05) is 48.0 Å². The molecule has 4 aromatic rings. The Morgan fingerprint density at radius 2 is 1.84 bits per heavy atom. The van der Waals surface area contributed by atoms with Crippen LogP contribution in [0.2, 0.25) is 0 Å². The molecule has 4 rings (SSSR count). The van der Waals surface area contributed by atoms with Crippen LogP contribution in [0.4, 0.5) is 0 Å². The molecule has 3 aromatic carbocycles. The molecule has 1 aromatic heterocycles. The molecule has 1 N–H and O–H groups in total. The minimum atomic E-state index is -0.987. The third-order valence-electron chi connectivity index (χ3n) is 4.89. The van der Waals surface area contributed by atoms with E-state index in [1.54, 1.807) is 6.08 Å². The van der Waals surface area contributed by atoms with E-state index in [1.807, 2.05) is 74.5 Å². The minimum absolute atomic E-state index is 0.174. The monoisotopic (exact) mass is 414 g/mol. The lowest BCUT2D eigenvalue weighted by Gasteiger charge is -2.11.